The zero-order valence-corrected chi connectivity index (χ0v) is 23.8. The number of amides is 2. The van der Waals surface area contributed by atoms with Crippen LogP contribution in [0.2, 0.25) is 0 Å². The highest BCUT2D eigenvalue weighted by Crippen LogP contribution is 2.24. The summed E-state index contributed by atoms with van der Waals surface area (Å²) in [6.07, 6.45) is 5.90. The lowest BCUT2D eigenvalue weighted by Crippen LogP contribution is -2.53. The largest absolute Gasteiger partial charge is 0.483 e. The lowest BCUT2D eigenvalue weighted by molar-refractivity contribution is -0.143. The van der Waals surface area contributed by atoms with Crippen molar-refractivity contribution in [3.05, 3.63) is 100 Å². The van der Waals surface area contributed by atoms with Gasteiger partial charge in [0.05, 0.1) is 0 Å². The normalized spacial score (nSPS) is 14.5. The molecule has 4 rings (SSSR count). The lowest BCUT2D eigenvalue weighted by atomic mass is 9.94. The van der Waals surface area contributed by atoms with Gasteiger partial charge in [0.1, 0.15) is 11.8 Å². The summed E-state index contributed by atoms with van der Waals surface area (Å²) in [5, 5.41) is 3.30. The molecule has 1 unspecified atom stereocenters. The standard InChI is InChI=1S/C34H42N2O3/c1-24-19-26(3)27(4)32(20-24)39-23-33(37)36(22-29-16-12-11-13-25(29)2)31(21-28-14-7-5-8-15-28)34(38)35-30-17-9-6-10-18-30/h5,7-8,11-16,19-20,30-31H,6,9-10,17-18,21-23H2,1-4H3,(H,35,38). The van der Waals surface area contributed by atoms with Gasteiger partial charge in [0.15, 0.2) is 6.61 Å². The zero-order valence-electron chi connectivity index (χ0n) is 23.8. The molecule has 0 saturated heterocycles. The molecule has 1 aliphatic rings. The van der Waals surface area contributed by atoms with Gasteiger partial charge in [-0.25, -0.2) is 0 Å². The third kappa shape index (κ3) is 7.72. The topological polar surface area (TPSA) is 58.6 Å². The van der Waals surface area contributed by atoms with E-state index in [-0.39, 0.29) is 24.5 Å². The van der Waals surface area contributed by atoms with Crippen molar-refractivity contribution >= 4 is 11.8 Å². The highest BCUT2D eigenvalue weighted by molar-refractivity contribution is 5.88. The number of aryl methyl sites for hydroxylation is 3. The van der Waals surface area contributed by atoms with Gasteiger partial charge >= 0.3 is 0 Å². The van der Waals surface area contributed by atoms with Gasteiger partial charge in [-0.15, -0.1) is 0 Å². The monoisotopic (exact) mass is 526 g/mol. The number of carbonyl (C=O) groups is 2. The van der Waals surface area contributed by atoms with Crippen LogP contribution in [0, 0.1) is 27.7 Å². The molecular formula is C34H42N2O3. The number of benzene rings is 3. The summed E-state index contributed by atoms with van der Waals surface area (Å²) < 4.78 is 6.12. The molecule has 3 aromatic rings. The molecule has 0 radical (unpaired) electrons. The molecule has 5 heteroatoms. The predicted octanol–water partition coefficient (Wildman–Crippen LogP) is 6.39. The number of hydrogen-bond donors (Lipinski definition) is 1. The van der Waals surface area contributed by atoms with Crippen LogP contribution in [0.5, 0.6) is 5.75 Å². The predicted molar refractivity (Wildman–Crippen MR) is 157 cm³/mol. The van der Waals surface area contributed by atoms with Gasteiger partial charge in [-0.3, -0.25) is 9.59 Å². The van der Waals surface area contributed by atoms with Crippen LogP contribution in [0.1, 0.15) is 65.5 Å². The van der Waals surface area contributed by atoms with Crippen LogP contribution in [0.4, 0.5) is 0 Å². The van der Waals surface area contributed by atoms with Crippen molar-refractivity contribution in [2.45, 2.75) is 84.8 Å². The smallest absolute Gasteiger partial charge is 0.261 e. The van der Waals surface area contributed by atoms with E-state index in [1.807, 2.05) is 88.4 Å². The molecule has 206 valence electrons. The fourth-order valence-corrected chi connectivity index (χ4v) is 5.44. The van der Waals surface area contributed by atoms with Crippen LogP contribution in [-0.2, 0) is 22.6 Å². The summed E-state index contributed by atoms with van der Waals surface area (Å²) in [4.78, 5) is 29.6. The summed E-state index contributed by atoms with van der Waals surface area (Å²) in [5.41, 5.74) is 6.38. The quantitative estimate of drug-likeness (QED) is 0.333. The van der Waals surface area contributed by atoms with E-state index in [4.69, 9.17) is 4.74 Å². The second-order valence-electron chi connectivity index (χ2n) is 11.0. The Kier molecular flexibility index (Phi) is 9.80. The SMILES string of the molecule is Cc1cc(C)c(C)c(OCC(=O)N(Cc2ccccc2C)C(Cc2ccccc2)C(=O)NC2CCCCC2)c1. The Hall–Kier alpha value is -3.60. The molecule has 1 fully saturated rings. The number of nitrogens with one attached hydrogen (secondary N) is 1. The minimum atomic E-state index is -0.648. The molecule has 39 heavy (non-hydrogen) atoms. The number of nitrogens with zero attached hydrogens (tertiary/aromatic N) is 1. The van der Waals surface area contributed by atoms with Crippen LogP contribution in [0.15, 0.2) is 66.7 Å². The lowest BCUT2D eigenvalue weighted by Gasteiger charge is -2.33. The Balaban J connectivity index is 1.64. The molecule has 1 N–H and O–H groups in total. The van der Waals surface area contributed by atoms with Crippen molar-refractivity contribution in [2.24, 2.45) is 0 Å². The number of carbonyl (C=O) groups excluding carboxylic acids is 2. The van der Waals surface area contributed by atoms with Crippen LogP contribution >= 0.6 is 0 Å². The minimum absolute atomic E-state index is 0.0877. The van der Waals surface area contributed by atoms with Crippen LogP contribution in [0.3, 0.4) is 0 Å². The number of rotatable bonds is 10. The Morgan fingerprint density at radius 2 is 1.59 bits per heavy atom. The van der Waals surface area contributed by atoms with E-state index >= 15 is 0 Å². The van der Waals surface area contributed by atoms with Gasteiger partial charge in [0, 0.05) is 19.0 Å². The molecule has 0 heterocycles. The van der Waals surface area contributed by atoms with E-state index in [1.165, 1.54) is 6.42 Å². The second-order valence-corrected chi connectivity index (χ2v) is 11.0. The average Bonchev–Trinajstić information content (AvgIpc) is 2.93. The summed E-state index contributed by atoms with van der Waals surface area (Å²) in [6, 6.07) is 21.6. The van der Waals surface area contributed by atoms with Crippen molar-refractivity contribution < 1.29 is 14.3 Å². The Morgan fingerprint density at radius 1 is 0.897 bits per heavy atom. The number of hydrogen-bond acceptors (Lipinski definition) is 3. The summed E-state index contributed by atoms with van der Waals surface area (Å²) in [5.74, 6) is 0.426. The van der Waals surface area contributed by atoms with E-state index in [0.717, 1.165) is 59.1 Å². The first-order valence-corrected chi connectivity index (χ1v) is 14.2. The van der Waals surface area contributed by atoms with Crippen LogP contribution in [0.25, 0.3) is 0 Å². The maximum absolute atomic E-state index is 14.0. The first-order valence-electron chi connectivity index (χ1n) is 14.2. The molecule has 0 aromatic heterocycles. The van der Waals surface area contributed by atoms with Crippen molar-refractivity contribution in [3.8, 4) is 5.75 Å². The van der Waals surface area contributed by atoms with Gasteiger partial charge in [-0.05, 0) is 80.0 Å². The summed E-state index contributed by atoms with van der Waals surface area (Å²) in [7, 11) is 0. The fourth-order valence-electron chi connectivity index (χ4n) is 5.44. The maximum atomic E-state index is 14.0. The average molecular weight is 527 g/mol. The van der Waals surface area contributed by atoms with Crippen molar-refractivity contribution in [1.29, 1.82) is 0 Å². The van der Waals surface area contributed by atoms with Gasteiger partial charge in [0.2, 0.25) is 5.91 Å². The molecule has 3 aromatic carbocycles. The van der Waals surface area contributed by atoms with Crippen molar-refractivity contribution in [3.63, 3.8) is 0 Å². The Morgan fingerprint density at radius 3 is 2.31 bits per heavy atom. The molecule has 2 amide bonds. The first-order chi connectivity index (χ1) is 18.8. The van der Waals surface area contributed by atoms with Crippen LogP contribution in [-0.4, -0.2) is 35.4 Å². The van der Waals surface area contributed by atoms with Gasteiger partial charge in [-0.2, -0.15) is 0 Å². The van der Waals surface area contributed by atoms with E-state index in [0.29, 0.717) is 18.7 Å². The fraction of sp³-hybridized carbons (Fsp3) is 0.412. The molecule has 5 nitrogen and oxygen atoms in total. The van der Waals surface area contributed by atoms with E-state index in [2.05, 4.69) is 11.4 Å². The maximum Gasteiger partial charge on any atom is 0.261 e. The molecule has 0 spiro atoms. The number of ether oxygens (including phenoxy) is 1. The molecule has 0 bridgehead atoms. The van der Waals surface area contributed by atoms with Gasteiger partial charge in [0.25, 0.3) is 5.91 Å². The summed E-state index contributed by atoms with van der Waals surface area (Å²) >= 11 is 0. The van der Waals surface area contributed by atoms with Gasteiger partial charge < -0.3 is 15.0 Å². The van der Waals surface area contributed by atoms with E-state index in [9.17, 15) is 9.59 Å². The molecule has 0 aliphatic heterocycles. The molecular weight excluding hydrogens is 484 g/mol. The third-order valence-electron chi connectivity index (χ3n) is 7.94. The van der Waals surface area contributed by atoms with E-state index < -0.39 is 6.04 Å². The van der Waals surface area contributed by atoms with E-state index in [1.54, 1.807) is 4.90 Å². The zero-order chi connectivity index (χ0) is 27.8. The molecule has 1 atom stereocenters. The first kappa shape index (κ1) is 28.4. The highest BCUT2D eigenvalue weighted by Gasteiger charge is 2.32. The van der Waals surface area contributed by atoms with Crippen molar-refractivity contribution in [1.82, 2.24) is 10.2 Å². The van der Waals surface area contributed by atoms with Crippen LogP contribution < -0.4 is 10.1 Å². The molecule has 1 saturated carbocycles. The minimum Gasteiger partial charge on any atom is -0.483 e. The van der Waals surface area contributed by atoms with Gasteiger partial charge in [-0.1, -0.05) is 79.9 Å². The third-order valence-corrected chi connectivity index (χ3v) is 7.94. The second kappa shape index (κ2) is 13.5. The van der Waals surface area contributed by atoms with Crippen molar-refractivity contribution in [2.75, 3.05) is 6.61 Å². The Bertz CT molecular complexity index is 1260. The Labute approximate surface area is 233 Å². The summed E-state index contributed by atoms with van der Waals surface area (Å²) in [6.45, 7) is 8.34. The highest BCUT2D eigenvalue weighted by atomic mass is 16.5. The molecule has 1 aliphatic carbocycles.